The predicted octanol–water partition coefficient (Wildman–Crippen LogP) is 3.66. The lowest BCUT2D eigenvalue weighted by Crippen LogP contribution is -2.19. The van der Waals surface area contributed by atoms with Crippen molar-refractivity contribution in [3.63, 3.8) is 0 Å². The van der Waals surface area contributed by atoms with Gasteiger partial charge in [0.15, 0.2) is 5.82 Å². The Hall–Kier alpha value is -3.17. The van der Waals surface area contributed by atoms with Crippen LogP contribution >= 0.6 is 0 Å². The zero-order valence-electron chi connectivity index (χ0n) is 14.1. The summed E-state index contributed by atoms with van der Waals surface area (Å²) in [4.78, 5) is 6.79. The van der Waals surface area contributed by atoms with Crippen LogP contribution in [0.4, 0.5) is 30.5 Å². The molecule has 3 aromatic rings. The van der Waals surface area contributed by atoms with Gasteiger partial charge in [-0.15, -0.1) is 23.4 Å². The summed E-state index contributed by atoms with van der Waals surface area (Å²) < 4.78 is 41.2. The maximum Gasteiger partial charge on any atom is 0.573 e. The quantitative estimate of drug-likeness (QED) is 0.745. The van der Waals surface area contributed by atoms with Gasteiger partial charge in [-0.25, -0.2) is 4.98 Å². The number of halogens is 3. The number of aromatic nitrogens is 4. The maximum absolute atomic E-state index is 12.4. The summed E-state index contributed by atoms with van der Waals surface area (Å²) >= 11 is 0. The fourth-order valence-corrected chi connectivity index (χ4v) is 2.97. The van der Waals surface area contributed by atoms with E-state index in [0.717, 1.165) is 31.7 Å². The van der Waals surface area contributed by atoms with Gasteiger partial charge < -0.3 is 15.0 Å². The van der Waals surface area contributed by atoms with E-state index in [1.54, 1.807) is 12.1 Å². The van der Waals surface area contributed by atoms with Crippen LogP contribution in [0, 0.1) is 0 Å². The zero-order chi connectivity index (χ0) is 18.9. The first-order valence-corrected chi connectivity index (χ1v) is 8.36. The van der Waals surface area contributed by atoms with E-state index in [0.29, 0.717) is 22.5 Å². The summed E-state index contributed by atoms with van der Waals surface area (Å²) in [6.07, 6.45) is -2.53. The van der Waals surface area contributed by atoms with Gasteiger partial charge in [-0.1, -0.05) is 6.07 Å². The molecule has 10 heteroatoms. The molecule has 0 aliphatic carbocycles. The SMILES string of the molecule is FC(F)(F)Oc1cccc(Nc2nnnc3ccc(N4CCCC4)nc23)c1. The lowest BCUT2D eigenvalue weighted by molar-refractivity contribution is -0.274. The molecule has 27 heavy (non-hydrogen) atoms. The summed E-state index contributed by atoms with van der Waals surface area (Å²) in [6, 6.07) is 9.18. The molecule has 1 aliphatic heterocycles. The predicted molar refractivity (Wildman–Crippen MR) is 93.0 cm³/mol. The largest absolute Gasteiger partial charge is 0.573 e. The van der Waals surface area contributed by atoms with Crippen molar-refractivity contribution in [2.45, 2.75) is 19.2 Å². The van der Waals surface area contributed by atoms with Gasteiger partial charge in [-0.3, -0.25) is 0 Å². The van der Waals surface area contributed by atoms with Crippen LogP contribution < -0.4 is 15.0 Å². The molecule has 1 aliphatic rings. The molecule has 0 spiro atoms. The van der Waals surface area contributed by atoms with E-state index in [4.69, 9.17) is 0 Å². The number of hydrogen-bond donors (Lipinski definition) is 1. The van der Waals surface area contributed by atoms with Gasteiger partial charge >= 0.3 is 6.36 Å². The first kappa shape index (κ1) is 17.3. The number of benzene rings is 1. The molecular formula is C17H15F3N6O. The van der Waals surface area contributed by atoms with E-state index in [1.165, 1.54) is 18.2 Å². The molecule has 1 aromatic carbocycles. The van der Waals surface area contributed by atoms with Crippen molar-refractivity contribution >= 4 is 28.4 Å². The van der Waals surface area contributed by atoms with Crippen LogP contribution in [-0.4, -0.2) is 39.8 Å². The Bertz CT molecular complexity index is 959. The third-order valence-electron chi connectivity index (χ3n) is 4.14. The molecular weight excluding hydrogens is 361 g/mol. The Morgan fingerprint density at radius 2 is 1.85 bits per heavy atom. The molecule has 0 atom stereocenters. The molecule has 0 bridgehead atoms. The minimum atomic E-state index is -4.76. The van der Waals surface area contributed by atoms with E-state index in [2.05, 4.69) is 35.3 Å². The van der Waals surface area contributed by atoms with Crippen molar-refractivity contribution in [2.24, 2.45) is 0 Å². The van der Waals surface area contributed by atoms with Gasteiger partial charge in [0.05, 0.1) is 0 Å². The van der Waals surface area contributed by atoms with Crippen molar-refractivity contribution in [2.75, 3.05) is 23.3 Å². The molecule has 7 nitrogen and oxygen atoms in total. The fourth-order valence-electron chi connectivity index (χ4n) is 2.97. The molecule has 1 N–H and O–H groups in total. The highest BCUT2D eigenvalue weighted by Gasteiger charge is 2.31. The van der Waals surface area contributed by atoms with Gasteiger partial charge in [-0.2, -0.15) is 0 Å². The summed E-state index contributed by atoms with van der Waals surface area (Å²) in [5.74, 6) is 0.793. The molecule has 1 fully saturated rings. The molecule has 0 amide bonds. The highest BCUT2D eigenvalue weighted by Crippen LogP contribution is 2.28. The third-order valence-corrected chi connectivity index (χ3v) is 4.14. The number of alkyl halides is 3. The second kappa shape index (κ2) is 6.86. The molecule has 1 saturated heterocycles. The highest BCUT2D eigenvalue weighted by atomic mass is 19.4. The van der Waals surface area contributed by atoms with Gasteiger partial charge in [0, 0.05) is 24.8 Å². The van der Waals surface area contributed by atoms with E-state index in [-0.39, 0.29) is 5.75 Å². The van der Waals surface area contributed by atoms with Crippen LogP contribution in [0.15, 0.2) is 36.4 Å². The summed E-state index contributed by atoms with van der Waals surface area (Å²) in [7, 11) is 0. The topological polar surface area (TPSA) is 76.1 Å². The van der Waals surface area contributed by atoms with Gasteiger partial charge in [0.1, 0.15) is 22.6 Å². The van der Waals surface area contributed by atoms with Gasteiger partial charge in [0.25, 0.3) is 0 Å². The Labute approximate surface area is 152 Å². The minimum Gasteiger partial charge on any atom is -0.406 e. The Morgan fingerprint density at radius 3 is 2.63 bits per heavy atom. The number of hydrogen-bond acceptors (Lipinski definition) is 7. The lowest BCUT2D eigenvalue weighted by atomic mass is 10.3. The van der Waals surface area contributed by atoms with Crippen molar-refractivity contribution in [3.8, 4) is 5.75 Å². The van der Waals surface area contributed by atoms with E-state index in [9.17, 15) is 13.2 Å². The standard InChI is InChI=1S/C17H15F3N6O/c18-17(19,20)27-12-5-3-4-11(10-12)21-16-15-13(23-25-24-16)6-7-14(22-15)26-8-1-2-9-26/h3-7,10H,1-2,8-9H2,(H,21,23,24). The van der Waals surface area contributed by atoms with Gasteiger partial charge in [-0.05, 0) is 42.3 Å². The summed E-state index contributed by atoms with van der Waals surface area (Å²) in [5, 5.41) is 14.6. The van der Waals surface area contributed by atoms with Crippen LogP contribution in [0.25, 0.3) is 11.0 Å². The minimum absolute atomic E-state index is 0.310. The van der Waals surface area contributed by atoms with Crippen molar-refractivity contribution in [3.05, 3.63) is 36.4 Å². The van der Waals surface area contributed by atoms with Crippen molar-refractivity contribution in [1.29, 1.82) is 0 Å². The highest BCUT2D eigenvalue weighted by molar-refractivity contribution is 5.87. The number of rotatable bonds is 4. The van der Waals surface area contributed by atoms with Crippen molar-refractivity contribution < 1.29 is 17.9 Å². The molecule has 3 heterocycles. The number of anilines is 3. The summed E-state index contributed by atoms with van der Waals surface area (Å²) in [5.41, 5.74) is 1.40. The molecule has 4 rings (SSSR count). The number of ether oxygens (including phenoxy) is 1. The molecule has 2 aromatic heterocycles. The van der Waals surface area contributed by atoms with Crippen LogP contribution in [-0.2, 0) is 0 Å². The van der Waals surface area contributed by atoms with Crippen molar-refractivity contribution in [1.82, 2.24) is 20.4 Å². The average molecular weight is 376 g/mol. The first-order valence-electron chi connectivity index (χ1n) is 8.36. The van der Waals surface area contributed by atoms with Crippen LogP contribution in [0.5, 0.6) is 5.75 Å². The molecule has 0 saturated carbocycles. The second-order valence-corrected chi connectivity index (χ2v) is 6.07. The smallest absolute Gasteiger partial charge is 0.406 e. The van der Waals surface area contributed by atoms with Crippen LogP contribution in [0.3, 0.4) is 0 Å². The van der Waals surface area contributed by atoms with Crippen LogP contribution in [0.1, 0.15) is 12.8 Å². The number of nitrogens with one attached hydrogen (secondary N) is 1. The summed E-state index contributed by atoms with van der Waals surface area (Å²) in [6.45, 7) is 1.87. The van der Waals surface area contributed by atoms with E-state index in [1.807, 2.05) is 6.07 Å². The average Bonchev–Trinajstić information content (AvgIpc) is 3.15. The number of pyridine rings is 1. The Morgan fingerprint density at radius 1 is 1.04 bits per heavy atom. The molecule has 0 unspecified atom stereocenters. The number of nitrogens with zero attached hydrogens (tertiary/aromatic N) is 5. The zero-order valence-corrected chi connectivity index (χ0v) is 14.1. The normalized spacial score (nSPS) is 14.6. The lowest BCUT2D eigenvalue weighted by Gasteiger charge is -2.17. The fraction of sp³-hybridized carbons (Fsp3) is 0.294. The monoisotopic (exact) mass is 376 g/mol. The van der Waals surface area contributed by atoms with Gasteiger partial charge in [0.2, 0.25) is 0 Å². The maximum atomic E-state index is 12.4. The van der Waals surface area contributed by atoms with E-state index >= 15 is 0 Å². The molecule has 0 radical (unpaired) electrons. The Balaban J connectivity index is 1.65. The third kappa shape index (κ3) is 3.99. The van der Waals surface area contributed by atoms with E-state index < -0.39 is 6.36 Å². The number of fused-ring (bicyclic) bond motifs is 1. The second-order valence-electron chi connectivity index (χ2n) is 6.07. The van der Waals surface area contributed by atoms with Crippen LogP contribution in [0.2, 0.25) is 0 Å². The molecule has 140 valence electrons. The first-order chi connectivity index (χ1) is 13.0. The Kier molecular flexibility index (Phi) is 4.38.